The minimum Gasteiger partial charge on any atom is -0.502 e. The molecule has 0 heterocycles. The molecule has 0 aromatic heterocycles. The van der Waals surface area contributed by atoms with E-state index >= 15 is 0 Å². The Morgan fingerprint density at radius 1 is 1.64 bits per heavy atom. The maximum absolute atomic E-state index is 10.3. The second-order valence-electron chi connectivity index (χ2n) is 2.51. The molecule has 0 bridgehead atoms. The molecule has 0 atom stereocenters. The molecule has 0 aliphatic heterocycles. The van der Waals surface area contributed by atoms with Gasteiger partial charge in [-0.1, -0.05) is 12.7 Å². The van der Waals surface area contributed by atoms with Crippen LogP contribution in [0.1, 0.15) is 0 Å². The fourth-order valence-electron chi connectivity index (χ4n) is 0.903. The number of hydrogen-bond donors (Lipinski definition) is 1. The van der Waals surface area contributed by atoms with Crippen molar-refractivity contribution in [3.05, 3.63) is 41.0 Å². The predicted molar refractivity (Wildman–Crippen MR) is 50.5 cm³/mol. The lowest BCUT2D eigenvalue weighted by Crippen LogP contribution is -1.94. The van der Waals surface area contributed by atoms with Gasteiger partial charge in [-0.25, -0.2) is 0 Å². The number of ether oxygens (including phenoxy) is 1. The van der Waals surface area contributed by atoms with E-state index in [0.29, 0.717) is 5.75 Å². The molecule has 0 fully saturated rings. The molecule has 0 unspecified atom stereocenters. The van der Waals surface area contributed by atoms with Crippen molar-refractivity contribution in [3.63, 3.8) is 0 Å². The first-order valence-electron chi connectivity index (χ1n) is 3.86. The Morgan fingerprint density at radius 2 is 2.36 bits per heavy atom. The molecule has 14 heavy (non-hydrogen) atoms. The zero-order valence-corrected chi connectivity index (χ0v) is 7.34. The highest BCUT2D eigenvalue weighted by Crippen LogP contribution is 2.29. The van der Waals surface area contributed by atoms with Crippen molar-refractivity contribution in [2.75, 3.05) is 6.61 Å². The summed E-state index contributed by atoms with van der Waals surface area (Å²) >= 11 is 0. The lowest BCUT2D eigenvalue weighted by molar-refractivity contribution is -0.385. The van der Waals surface area contributed by atoms with Crippen LogP contribution in [0.2, 0.25) is 0 Å². The number of benzene rings is 1. The topological polar surface area (TPSA) is 72.6 Å². The van der Waals surface area contributed by atoms with Crippen LogP contribution in [0, 0.1) is 10.1 Å². The first-order valence-corrected chi connectivity index (χ1v) is 3.86. The average molecular weight is 195 g/mol. The molecule has 1 aromatic rings. The van der Waals surface area contributed by atoms with Crippen molar-refractivity contribution >= 4 is 5.69 Å². The van der Waals surface area contributed by atoms with Crippen molar-refractivity contribution in [2.24, 2.45) is 0 Å². The van der Waals surface area contributed by atoms with Crippen LogP contribution < -0.4 is 4.74 Å². The molecule has 1 aromatic carbocycles. The molecule has 1 N–H and O–H groups in total. The summed E-state index contributed by atoms with van der Waals surface area (Å²) in [5.41, 5.74) is -0.337. The molecular formula is C9H9NO4. The zero-order chi connectivity index (χ0) is 10.6. The van der Waals surface area contributed by atoms with E-state index in [0.717, 1.165) is 0 Å². The monoisotopic (exact) mass is 195 g/mol. The number of nitro benzene ring substituents is 1. The van der Waals surface area contributed by atoms with Gasteiger partial charge in [-0.15, -0.1) is 0 Å². The maximum atomic E-state index is 10.3. The van der Waals surface area contributed by atoms with Gasteiger partial charge in [0, 0.05) is 12.1 Å². The Morgan fingerprint density at radius 3 is 2.86 bits per heavy atom. The van der Waals surface area contributed by atoms with E-state index in [1.807, 2.05) is 0 Å². The number of phenolic OH excluding ortho intramolecular Hbond substituents is 1. The smallest absolute Gasteiger partial charge is 0.310 e. The van der Waals surface area contributed by atoms with Gasteiger partial charge in [0.2, 0.25) is 0 Å². The third-order valence-electron chi connectivity index (χ3n) is 1.51. The number of rotatable bonds is 4. The number of phenols is 1. The van der Waals surface area contributed by atoms with E-state index in [4.69, 9.17) is 4.74 Å². The van der Waals surface area contributed by atoms with Crippen molar-refractivity contribution in [1.29, 1.82) is 0 Å². The lowest BCUT2D eigenvalue weighted by Gasteiger charge is -2.03. The van der Waals surface area contributed by atoms with E-state index in [-0.39, 0.29) is 12.3 Å². The second-order valence-corrected chi connectivity index (χ2v) is 2.51. The molecule has 5 heteroatoms. The summed E-state index contributed by atoms with van der Waals surface area (Å²) in [5, 5.41) is 19.5. The van der Waals surface area contributed by atoms with E-state index in [9.17, 15) is 15.2 Å². The Balaban J connectivity index is 2.88. The van der Waals surface area contributed by atoms with Gasteiger partial charge in [0.1, 0.15) is 12.4 Å². The largest absolute Gasteiger partial charge is 0.502 e. The highest BCUT2D eigenvalue weighted by atomic mass is 16.6. The summed E-state index contributed by atoms with van der Waals surface area (Å²) in [7, 11) is 0. The highest BCUT2D eigenvalue weighted by molar-refractivity contribution is 5.49. The van der Waals surface area contributed by atoms with Crippen LogP contribution in [0.3, 0.4) is 0 Å². The van der Waals surface area contributed by atoms with Crippen LogP contribution in [0.15, 0.2) is 30.9 Å². The summed E-state index contributed by atoms with van der Waals surface area (Å²) in [6.45, 7) is 3.74. The van der Waals surface area contributed by atoms with Gasteiger partial charge in [-0.3, -0.25) is 10.1 Å². The molecular weight excluding hydrogens is 186 g/mol. The van der Waals surface area contributed by atoms with E-state index in [2.05, 4.69) is 6.58 Å². The lowest BCUT2D eigenvalue weighted by atomic mass is 10.3. The summed E-state index contributed by atoms with van der Waals surface area (Å²) in [6, 6.07) is 3.80. The van der Waals surface area contributed by atoms with Crippen molar-refractivity contribution in [1.82, 2.24) is 0 Å². The molecule has 0 aliphatic rings. The summed E-state index contributed by atoms with van der Waals surface area (Å²) in [6.07, 6.45) is 1.54. The van der Waals surface area contributed by atoms with Gasteiger partial charge in [0.25, 0.3) is 0 Å². The van der Waals surface area contributed by atoms with Crippen LogP contribution >= 0.6 is 0 Å². The third-order valence-corrected chi connectivity index (χ3v) is 1.51. The SMILES string of the molecule is C=CCOc1ccc([N+](=O)[O-])c(O)c1. The van der Waals surface area contributed by atoms with Gasteiger partial charge < -0.3 is 9.84 Å². The summed E-state index contributed by atoms with van der Waals surface area (Å²) in [5.74, 6) is -0.0374. The van der Waals surface area contributed by atoms with E-state index in [1.54, 1.807) is 6.08 Å². The van der Waals surface area contributed by atoms with Gasteiger partial charge in [0.05, 0.1) is 4.92 Å². The quantitative estimate of drug-likeness (QED) is 0.452. The van der Waals surface area contributed by atoms with Crippen LogP contribution in [0.25, 0.3) is 0 Å². The fraction of sp³-hybridized carbons (Fsp3) is 0.111. The van der Waals surface area contributed by atoms with E-state index in [1.165, 1.54) is 18.2 Å². The first kappa shape index (κ1) is 10.0. The number of nitrogens with zero attached hydrogens (tertiary/aromatic N) is 1. The van der Waals surface area contributed by atoms with Crippen LogP contribution in [0.5, 0.6) is 11.5 Å². The first-order chi connectivity index (χ1) is 6.65. The molecule has 0 spiro atoms. The van der Waals surface area contributed by atoms with Gasteiger partial charge >= 0.3 is 5.69 Å². The average Bonchev–Trinajstić information content (AvgIpc) is 2.14. The predicted octanol–water partition coefficient (Wildman–Crippen LogP) is 1.87. The second kappa shape index (κ2) is 4.27. The van der Waals surface area contributed by atoms with Crippen molar-refractivity contribution in [3.8, 4) is 11.5 Å². The minimum absolute atomic E-state index is 0.289. The van der Waals surface area contributed by atoms with Crippen LogP contribution in [-0.2, 0) is 0 Å². The molecule has 0 saturated carbocycles. The highest BCUT2D eigenvalue weighted by Gasteiger charge is 2.12. The van der Waals surface area contributed by atoms with Crippen LogP contribution in [0.4, 0.5) is 5.69 Å². The molecule has 0 saturated heterocycles. The molecule has 74 valence electrons. The normalized spacial score (nSPS) is 9.43. The molecule has 0 radical (unpaired) electrons. The van der Waals surface area contributed by atoms with Crippen LogP contribution in [-0.4, -0.2) is 16.6 Å². The van der Waals surface area contributed by atoms with Crippen molar-refractivity contribution in [2.45, 2.75) is 0 Å². The van der Waals surface area contributed by atoms with Crippen molar-refractivity contribution < 1.29 is 14.8 Å². The molecule has 0 aliphatic carbocycles. The fourth-order valence-corrected chi connectivity index (χ4v) is 0.903. The molecule has 1 rings (SSSR count). The van der Waals surface area contributed by atoms with Gasteiger partial charge in [-0.2, -0.15) is 0 Å². The number of aromatic hydroxyl groups is 1. The number of hydrogen-bond acceptors (Lipinski definition) is 4. The summed E-state index contributed by atoms with van der Waals surface area (Å²) in [4.78, 5) is 9.68. The van der Waals surface area contributed by atoms with E-state index < -0.39 is 10.7 Å². The Labute approximate surface area is 80.4 Å². The van der Waals surface area contributed by atoms with Gasteiger partial charge in [0.15, 0.2) is 5.75 Å². The zero-order valence-electron chi connectivity index (χ0n) is 7.34. The maximum Gasteiger partial charge on any atom is 0.310 e. The van der Waals surface area contributed by atoms with Gasteiger partial charge in [-0.05, 0) is 6.07 Å². The Bertz CT molecular complexity index is 362. The molecule has 0 amide bonds. The standard InChI is InChI=1S/C9H9NO4/c1-2-5-14-7-3-4-8(10(12)13)9(11)6-7/h2-4,6,11H,1,5H2. The minimum atomic E-state index is -0.660. The molecule has 5 nitrogen and oxygen atoms in total. The number of nitro groups is 1. The Kier molecular flexibility index (Phi) is 3.06. The third kappa shape index (κ3) is 2.22. The summed E-state index contributed by atoms with van der Waals surface area (Å²) < 4.78 is 5.07. The Hall–Kier alpha value is -2.04.